The molecule has 7 nitrogen and oxygen atoms in total. The summed E-state index contributed by atoms with van der Waals surface area (Å²) in [5.74, 6) is 1.80. The van der Waals surface area contributed by atoms with Crippen molar-refractivity contribution >= 4 is 23.7 Å². The fraction of sp³-hybridized carbons (Fsp3) is 0.286. The number of carbonyl (C=O) groups is 1. The monoisotopic (exact) mass is 427 g/mol. The van der Waals surface area contributed by atoms with E-state index in [0.29, 0.717) is 37.7 Å². The van der Waals surface area contributed by atoms with Crippen molar-refractivity contribution in [3.05, 3.63) is 66.4 Å². The average Bonchev–Trinajstić information content (AvgIpc) is 3.29. The van der Waals surface area contributed by atoms with Crippen molar-refractivity contribution in [2.75, 3.05) is 36.8 Å². The van der Waals surface area contributed by atoms with Gasteiger partial charge in [-0.3, -0.25) is 0 Å². The van der Waals surface area contributed by atoms with Crippen molar-refractivity contribution < 1.29 is 13.9 Å². The molecule has 1 fully saturated rings. The van der Waals surface area contributed by atoms with Crippen LogP contribution in [0.3, 0.4) is 0 Å². The number of nitrogens with zero attached hydrogens (tertiary/aromatic N) is 4. The Kier molecular flexibility index (Phi) is 6.48. The second-order valence-electron chi connectivity index (χ2n) is 6.81. The van der Waals surface area contributed by atoms with Crippen LogP contribution in [0.15, 0.2) is 60.1 Å². The SMILES string of the molecule is O=C(Oc1ccc(CCSc2ncc[nH]2)cc1)N1CCN(c2ccc(F)cn2)CC1. The third kappa shape index (κ3) is 5.29. The quantitative estimate of drug-likeness (QED) is 0.606. The van der Waals surface area contributed by atoms with Crippen molar-refractivity contribution in [1.82, 2.24) is 19.9 Å². The third-order valence-corrected chi connectivity index (χ3v) is 5.71. The Morgan fingerprint density at radius 3 is 2.57 bits per heavy atom. The van der Waals surface area contributed by atoms with E-state index < -0.39 is 0 Å². The van der Waals surface area contributed by atoms with E-state index in [4.69, 9.17) is 4.74 Å². The molecule has 0 aliphatic carbocycles. The summed E-state index contributed by atoms with van der Waals surface area (Å²) in [4.78, 5) is 27.5. The maximum atomic E-state index is 13.0. The van der Waals surface area contributed by atoms with Gasteiger partial charge in [-0.25, -0.2) is 19.2 Å². The summed E-state index contributed by atoms with van der Waals surface area (Å²) in [6.45, 7) is 2.31. The number of aryl methyl sites for hydroxylation is 1. The van der Waals surface area contributed by atoms with E-state index in [1.54, 1.807) is 28.9 Å². The Bertz CT molecular complexity index is 943. The molecule has 1 saturated heterocycles. The number of imidazole rings is 1. The highest BCUT2D eigenvalue weighted by Gasteiger charge is 2.23. The number of thioether (sulfide) groups is 1. The van der Waals surface area contributed by atoms with Gasteiger partial charge in [-0.05, 0) is 36.2 Å². The molecule has 3 heterocycles. The first kappa shape index (κ1) is 20.2. The number of aromatic nitrogens is 3. The Morgan fingerprint density at radius 2 is 1.90 bits per heavy atom. The first-order valence-corrected chi connectivity index (χ1v) is 10.7. The summed E-state index contributed by atoms with van der Waals surface area (Å²) in [5, 5.41) is 0.913. The lowest BCUT2D eigenvalue weighted by atomic mass is 10.2. The van der Waals surface area contributed by atoms with Crippen molar-refractivity contribution in [3.63, 3.8) is 0 Å². The van der Waals surface area contributed by atoms with Gasteiger partial charge in [0, 0.05) is 44.3 Å². The molecule has 0 atom stereocenters. The number of anilines is 1. The first-order valence-electron chi connectivity index (χ1n) is 9.72. The lowest BCUT2D eigenvalue weighted by molar-refractivity contribution is 0.149. The molecule has 1 N–H and O–H groups in total. The number of hydrogen-bond donors (Lipinski definition) is 1. The molecule has 156 valence electrons. The largest absolute Gasteiger partial charge is 0.415 e. The van der Waals surface area contributed by atoms with E-state index in [-0.39, 0.29) is 11.9 Å². The molecule has 4 rings (SSSR count). The van der Waals surface area contributed by atoms with Gasteiger partial charge in [-0.2, -0.15) is 0 Å². The molecule has 2 aromatic heterocycles. The average molecular weight is 428 g/mol. The summed E-state index contributed by atoms with van der Waals surface area (Å²) >= 11 is 1.67. The second-order valence-corrected chi connectivity index (χ2v) is 7.90. The van der Waals surface area contributed by atoms with Gasteiger partial charge >= 0.3 is 6.09 Å². The van der Waals surface area contributed by atoms with Gasteiger partial charge in [0.2, 0.25) is 0 Å². The predicted molar refractivity (Wildman–Crippen MR) is 113 cm³/mol. The number of H-pyrrole nitrogens is 1. The number of halogens is 1. The highest BCUT2D eigenvalue weighted by atomic mass is 32.2. The van der Waals surface area contributed by atoms with E-state index in [0.717, 1.165) is 17.3 Å². The number of hydrogen-bond acceptors (Lipinski definition) is 6. The number of pyridine rings is 1. The lowest BCUT2D eigenvalue weighted by Gasteiger charge is -2.34. The molecule has 1 aromatic carbocycles. The summed E-state index contributed by atoms with van der Waals surface area (Å²) in [5.41, 5.74) is 1.18. The van der Waals surface area contributed by atoms with Gasteiger partial charge in [-0.15, -0.1) is 0 Å². The second kappa shape index (κ2) is 9.62. The number of carbonyl (C=O) groups excluding carboxylic acids is 1. The van der Waals surface area contributed by atoms with Gasteiger partial charge in [0.1, 0.15) is 17.4 Å². The molecule has 30 heavy (non-hydrogen) atoms. The maximum absolute atomic E-state index is 13.0. The fourth-order valence-electron chi connectivity index (χ4n) is 3.16. The minimum absolute atomic E-state index is 0.358. The smallest absolute Gasteiger partial charge is 0.410 e. The van der Waals surface area contributed by atoms with Gasteiger partial charge < -0.3 is 19.5 Å². The van der Waals surface area contributed by atoms with Gasteiger partial charge in [0.05, 0.1) is 6.20 Å². The number of rotatable bonds is 6. The van der Waals surface area contributed by atoms with Crippen LogP contribution in [0.5, 0.6) is 5.75 Å². The normalized spacial score (nSPS) is 14.0. The van der Waals surface area contributed by atoms with E-state index in [2.05, 4.69) is 15.0 Å². The number of benzene rings is 1. The molecule has 3 aromatic rings. The number of piperazine rings is 1. The van der Waals surface area contributed by atoms with Crippen LogP contribution in [0, 0.1) is 5.82 Å². The van der Waals surface area contributed by atoms with Crippen LogP contribution >= 0.6 is 11.8 Å². The van der Waals surface area contributed by atoms with Crippen molar-refractivity contribution in [3.8, 4) is 5.75 Å². The van der Waals surface area contributed by atoms with Crippen LogP contribution in [0.25, 0.3) is 0 Å². The standard InChI is InChI=1S/C21H22FN5O2S/c22-17-3-6-19(25-15-17)26-10-12-27(13-11-26)21(28)29-18-4-1-16(2-5-18)7-14-30-20-23-8-9-24-20/h1-6,8-9,15H,7,10-14H2,(H,23,24). The van der Waals surface area contributed by atoms with E-state index in [1.165, 1.54) is 17.8 Å². The minimum Gasteiger partial charge on any atom is -0.410 e. The zero-order valence-electron chi connectivity index (χ0n) is 16.3. The van der Waals surface area contributed by atoms with Crippen LogP contribution in [0.2, 0.25) is 0 Å². The molecule has 0 bridgehead atoms. The van der Waals surface area contributed by atoms with Crippen LogP contribution in [0.1, 0.15) is 5.56 Å². The molecule has 1 amide bonds. The Labute approximate surface area is 178 Å². The van der Waals surface area contributed by atoms with Gasteiger partial charge in [-0.1, -0.05) is 23.9 Å². The summed E-state index contributed by atoms with van der Waals surface area (Å²) in [6.07, 6.45) is 5.30. The topological polar surface area (TPSA) is 74.3 Å². The van der Waals surface area contributed by atoms with Crippen LogP contribution in [0.4, 0.5) is 15.0 Å². The van der Waals surface area contributed by atoms with E-state index in [1.807, 2.05) is 35.4 Å². The van der Waals surface area contributed by atoms with Gasteiger partial charge in [0.15, 0.2) is 5.16 Å². The zero-order chi connectivity index (χ0) is 20.8. The van der Waals surface area contributed by atoms with Crippen molar-refractivity contribution in [1.29, 1.82) is 0 Å². The molecular weight excluding hydrogens is 405 g/mol. The molecular formula is C21H22FN5O2S. The first-order chi connectivity index (χ1) is 14.7. The number of amides is 1. The molecule has 0 unspecified atom stereocenters. The van der Waals surface area contributed by atoms with Crippen LogP contribution in [-0.2, 0) is 6.42 Å². The number of aromatic amines is 1. The van der Waals surface area contributed by atoms with E-state index in [9.17, 15) is 9.18 Å². The maximum Gasteiger partial charge on any atom is 0.415 e. The molecule has 1 aliphatic heterocycles. The Morgan fingerprint density at radius 1 is 1.10 bits per heavy atom. The number of nitrogens with one attached hydrogen (secondary N) is 1. The zero-order valence-corrected chi connectivity index (χ0v) is 17.1. The molecule has 0 saturated carbocycles. The summed E-state index contributed by atoms with van der Waals surface area (Å²) in [6, 6.07) is 10.6. The Hall–Kier alpha value is -3.07. The van der Waals surface area contributed by atoms with Crippen LogP contribution in [-0.4, -0.2) is 57.9 Å². The lowest BCUT2D eigenvalue weighted by Crippen LogP contribution is -2.49. The molecule has 0 spiro atoms. The Balaban J connectivity index is 1.22. The fourth-order valence-corrected chi connectivity index (χ4v) is 3.98. The van der Waals surface area contributed by atoms with Crippen molar-refractivity contribution in [2.45, 2.75) is 11.6 Å². The summed E-state index contributed by atoms with van der Waals surface area (Å²) in [7, 11) is 0. The van der Waals surface area contributed by atoms with Gasteiger partial charge in [0.25, 0.3) is 0 Å². The predicted octanol–water partition coefficient (Wildman–Crippen LogP) is 3.60. The number of ether oxygens (including phenoxy) is 1. The minimum atomic E-state index is -0.358. The van der Waals surface area contributed by atoms with Crippen molar-refractivity contribution in [2.24, 2.45) is 0 Å². The highest BCUT2D eigenvalue weighted by molar-refractivity contribution is 7.99. The highest BCUT2D eigenvalue weighted by Crippen LogP contribution is 2.19. The van der Waals surface area contributed by atoms with Crippen LogP contribution < -0.4 is 9.64 Å². The molecule has 0 radical (unpaired) electrons. The van der Waals surface area contributed by atoms with E-state index >= 15 is 0 Å². The molecule has 9 heteroatoms. The third-order valence-electron chi connectivity index (χ3n) is 4.80. The summed E-state index contributed by atoms with van der Waals surface area (Å²) < 4.78 is 18.5. The molecule has 1 aliphatic rings.